The van der Waals surface area contributed by atoms with E-state index < -0.39 is 0 Å². The molecule has 1 aliphatic rings. The lowest BCUT2D eigenvalue weighted by Gasteiger charge is -2.10. The van der Waals surface area contributed by atoms with Gasteiger partial charge in [-0.3, -0.25) is 4.79 Å². The Morgan fingerprint density at radius 3 is 2.82 bits per heavy atom. The second-order valence-corrected chi connectivity index (χ2v) is 7.55. The van der Waals surface area contributed by atoms with Crippen LogP contribution >= 0.6 is 0 Å². The van der Waals surface area contributed by atoms with Gasteiger partial charge in [0, 0.05) is 41.5 Å². The summed E-state index contributed by atoms with van der Waals surface area (Å²) >= 11 is 0. The number of fused-ring (bicyclic) bond motifs is 1. The van der Waals surface area contributed by atoms with E-state index in [9.17, 15) is 4.79 Å². The van der Waals surface area contributed by atoms with Crippen molar-refractivity contribution in [3.63, 3.8) is 0 Å². The number of benzene rings is 2. The van der Waals surface area contributed by atoms with Crippen LogP contribution in [0.4, 0.5) is 0 Å². The molecule has 0 saturated carbocycles. The molecule has 2 heterocycles. The fourth-order valence-electron chi connectivity index (χ4n) is 3.62. The first-order valence-corrected chi connectivity index (χ1v) is 9.74. The molecule has 0 saturated heterocycles. The molecular formula is C23H25N3O2. The van der Waals surface area contributed by atoms with Crippen molar-refractivity contribution >= 4 is 22.5 Å². The number of nitrogens with one attached hydrogen (secondary N) is 1. The van der Waals surface area contributed by atoms with E-state index in [2.05, 4.69) is 53.3 Å². The highest BCUT2D eigenvalue weighted by Gasteiger charge is 2.21. The zero-order valence-electron chi connectivity index (χ0n) is 16.3. The van der Waals surface area contributed by atoms with Crippen molar-refractivity contribution in [3.8, 4) is 0 Å². The van der Waals surface area contributed by atoms with Crippen molar-refractivity contribution in [2.24, 2.45) is 5.16 Å². The molecule has 1 atom stereocenters. The van der Waals surface area contributed by atoms with E-state index in [0.29, 0.717) is 18.2 Å². The van der Waals surface area contributed by atoms with Crippen LogP contribution in [-0.2, 0) is 11.3 Å². The molecule has 3 aromatic rings. The van der Waals surface area contributed by atoms with Crippen molar-refractivity contribution in [2.75, 3.05) is 6.54 Å². The molecule has 2 aromatic carbocycles. The molecule has 0 fully saturated rings. The molecule has 5 heteroatoms. The second-order valence-electron chi connectivity index (χ2n) is 7.55. The molecule has 0 bridgehead atoms. The average Bonchev–Trinajstić information content (AvgIpc) is 3.33. The zero-order valence-corrected chi connectivity index (χ0v) is 16.3. The Hall–Kier alpha value is -3.08. The summed E-state index contributed by atoms with van der Waals surface area (Å²) in [6, 6.07) is 18.5. The molecule has 1 unspecified atom stereocenters. The smallest absolute Gasteiger partial charge is 0.251 e. The highest BCUT2D eigenvalue weighted by Crippen LogP contribution is 2.21. The highest BCUT2D eigenvalue weighted by molar-refractivity contribution is 6.00. The SMILES string of the molecule is CC(C)n1ccc2cc(C(=O)NCC3=NOC(Cc4ccccc4)C3)ccc21. The summed E-state index contributed by atoms with van der Waals surface area (Å²) in [6.07, 6.45) is 3.67. The Morgan fingerprint density at radius 1 is 1.21 bits per heavy atom. The summed E-state index contributed by atoms with van der Waals surface area (Å²) in [5.74, 6) is -0.0894. The quantitative estimate of drug-likeness (QED) is 0.697. The van der Waals surface area contributed by atoms with E-state index in [1.54, 1.807) is 0 Å². The summed E-state index contributed by atoms with van der Waals surface area (Å²) in [5.41, 5.74) is 3.91. The van der Waals surface area contributed by atoms with E-state index in [1.165, 1.54) is 5.56 Å². The molecule has 0 spiro atoms. The first kappa shape index (κ1) is 18.3. The van der Waals surface area contributed by atoms with Crippen LogP contribution in [0.25, 0.3) is 10.9 Å². The summed E-state index contributed by atoms with van der Waals surface area (Å²) in [4.78, 5) is 18.1. The Balaban J connectivity index is 1.33. The number of nitrogens with zero attached hydrogens (tertiary/aromatic N) is 2. The number of oxime groups is 1. The van der Waals surface area contributed by atoms with E-state index >= 15 is 0 Å². The first-order valence-electron chi connectivity index (χ1n) is 9.74. The largest absolute Gasteiger partial charge is 0.392 e. The molecule has 4 rings (SSSR count). The van der Waals surface area contributed by atoms with Crippen LogP contribution in [0.15, 0.2) is 65.9 Å². The first-order chi connectivity index (χ1) is 13.6. The molecule has 1 N–H and O–H groups in total. The van der Waals surface area contributed by atoms with Crippen molar-refractivity contribution < 1.29 is 9.63 Å². The Kier molecular flexibility index (Phi) is 5.15. The maximum Gasteiger partial charge on any atom is 0.251 e. The number of hydrogen-bond donors (Lipinski definition) is 1. The Morgan fingerprint density at radius 2 is 2.04 bits per heavy atom. The fourth-order valence-corrected chi connectivity index (χ4v) is 3.62. The van der Waals surface area contributed by atoms with Crippen LogP contribution < -0.4 is 5.32 Å². The Labute approximate surface area is 165 Å². The maximum absolute atomic E-state index is 12.5. The zero-order chi connectivity index (χ0) is 19.5. The van der Waals surface area contributed by atoms with Gasteiger partial charge < -0.3 is 14.7 Å². The predicted molar refractivity (Wildman–Crippen MR) is 112 cm³/mol. The molecule has 1 aliphatic heterocycles. The van der Waals surface area contributed by atoms with E-state index in [4.69, 9.17) is 4.84 Å². The summed E-state index contributed by atoms with van der Waals surface area (Å²) in [6.45, 7) is 4.71. The van der Waals surface area contributed by atoms with Crippen LogP contribution in [0.2, 0.25) is 0 Å². The average molecular weight is 375 g/mol. The normalized spacial score (nSPS) is 16.2. The van der Waals surface area contributed by atoms with Gasteiger partial charge in [-0.05, 0) is 43.7 Å². The van der Waals surface area contributed by atoms with Gasteiger partial charge in [-0.1, -0.05) is 35.5 Å². The molecule has 5 nitrogen and oxygen atoms in total. The predicted octanol–water partition coefficient (Wildman–Crippen LogP) is 4.34. The molecular weight excluding hydrogens is 350 g/mol. The molecule has 144 valence electrons. The summed E-state index contributed by atoms with van der Waals surface area (Å²) in [7, 11) is 0. The summed E-state index contributed by atoms with van der Waals surface area (Å²) in [5, 5.41) is 8.19. The van der Waals surface area contributed by atoms with Gasteiger partial charge in [0.1, 0.15) is 6.10 Å². The van der Waals surface area contributed by atoms with Crippen molar-refractivity contribution in [1.29, 1.82) is 0 Å². The number of carbonyl (C=O) groups excluding carboxylic acids is 1. The monoisotopic (exact) mass is 375 g/mol. The minimum Gasteiger partial charge on any atom is -0.392 e. The van der Waals surface area contributed by atoms with Crippen LogP contribution in [-0.4, -0.2) is 28.8 Å². The number of hydrogen-bond acceptors (Lipinski definition) is 3. The molecule has 1 aromatic heterocycles. The summed E-state index contributed by atoms with van der Waals surface area (Å²) < 4.78 is 2.20. The van der Waals surface area contributed by atoms with Crippen LogP contribution in [0.5, 0.6) is 0 Å². The van der Waals surface area contributed by atoms with Crippen LogP contribution in [0, 0.1) is 0 Å². The fraction of sp³-hybridized carbons (Fsp3) is 0.304. The number of rotatable bonds is 6. The lowest BCUT2D eigenvalue weighted by atomic mass is 10.0. The lowest BCUT2D eigenvalue weighted by molar-refractivity contribution is 0.0859. The molecule has 28 heavy (non-hydrogen) atoms. The molecule has 1 amide bonds. The number of aromatic nitrogens is 1. The van der Waals surface area contributed by atoms with E-state index in [0.717, 1.165) is 29.5 Å². The van der Waals surface area contributed by atoms with Crippen LogP contribution in [0.3, 0.4) is 0 Å². The van der Waals surface area contributed by atoms with Crippen LogP contribution in [0.1, 0.15) is 42.2 Å². The van der Waals surface area contributed by atoms with Gasteiger partial charge in [-0.25, -0.2) is 0 Å². The Bertz CT molecular complexity index is 1010. The highest BCUT2D eigenvalue weighted by atomic mass is 16.6. The van der Waals surface area contributed by atoms with E-state index in [1.807, 2.05) is 36.4 Å². The topological polar surface area (TPSA) is 55.6 Å². The second kappa shape index (κ2) is 7.89. The minimum atomic E-state index is -0.0894. The van der Waals surface area contributed by atoms with Crippen molar-refractivity contribution in [3.05, 3.63) is 71.9 Å². The van der Waals surface area contributed by atoms with Gasteiger partial charge >= 0.3 is 0 Å². The minimum absolute atomic E-state index is 0.0430. The number of carbonyl (C=O) groups is 1. The molecule has 0 radical (unpaired) electrons. The third-order valence-electron chi connectivity index (χ3n) is 5.09. The third-order valence-corrected chi connectivity index (χ3v) is 5.09. The van der Waals surface area contributed by atoms with Crippen molar-refractivity contribution in [1.82, 2.24) is 9.88 Å². The number of amides is 1. The van der Waals surface area contributed by atoms with Gasteiger partial charge in [-0.15, -0.1) is 0 Å². The van der Waals surface area contributed by atoms with E-state index in [-0.39, 0.29) is 12.0 Å². The third kappa shape index (κ3) is 3.93. The van der Waals surface area contributed by atoms with Gasteiger partial charge in [-0.2, -0.15) is 0 Å². The maximum atomic E-state index is 12.5. The van der Waals surface area contributed by atoms with Gasteiger partial charge in [0.05, 0.1) is 12.3 Å². The standard InChI is InChI=1S/C23H25N3O2/c1-16(2)26-11-10-18-13-19(8-9-22(18)26)23(27)24-15-20-14-21(28-25-20)12-17-6-4-3-5-7-17/h3-11,13,16,21H,12,14-15H2,1-2H3,(H,24,27). The van der Waals surface area contributed by atoms with Crippen molar-refractivity contribution in [2.45, 2.75) is 38.8 Å². The van der Waals surface area contributed by atoms with Gasteiger partial charge in [0.25, 0.3) is 5.91 Å². The lowest BCUT2D eigenvalue weighted by Crippen LogP contribution is -2.29. The van der Waals surface area contributed by atoms with Gasteiger partial charge in [0.15, 0.2) is 0 Å². The van der Waals surface area contributed by atoms with Gasteiger partial charge in [0.2, 0.25) is 0 Å². The molecule has 0 aliphatic carbocycles.